The van der Waals surface area contributed by atoms with Gasteiger partial charge in [0.05, 0.1) is 0 Å². The van der Waals surface area contributed by atoms with Crippen LogP contribution in [0.4, 0.5) is 5.95 Å². The summed E-state index contributed by atoms with van der Waals surface area (Å²) < 4.78 is 0. The maximum Gasteiger partial charge on any atom is 0.265 e. The van der Waals surface area contributed by atoms with Crippen molar-refractivity contribution in [3.8, 4) is 0 Å². The molecule has 6 nitrogen and oxygen atoms in total. The van der Waals surface area contributed by atoms with E-state index in [-0.39, 0.29) is 0 Å². The number of hydrogen-bond acceptors (Lipinski definition) is 5. The number of H-pyrrole nitrogens is 1. The third-order valence-corrected chi connectivity index (χ3v) is 2.95. The number of para-hydroxylation sites is 1. The molecule has 1 aromatic carbocycles. The lowest BCUT2D eigenvalue weighted by Gasteiger charge is -1.98. The van der Waals surface area contributed by atoms with Crippen LogP contribution in [0.1, 0.15) is 20.3 Å². The number of benzene rings is 1. The summed E-state index contributed by atoms with van der Waals surface area (Å²) in [5.41, 5.74) is 5.29. The molecule has 0 bridgehead atoms. The van der Waals surface area contributed by atoms with Crippen molar-refractivity contribution in [3.05, 3.63) is 24.3 Å². The predicted molar refractivity (Wildman–Crippen MR) is 80.8 cm³/mol. The highest BCUT2D eigenvalue weighted by atomic mass is 15.4. The van der Waals surface area contributed by atoms with Gasteiger partial charge in [-0.3, -0.25) is 0 Å². The average Bonchev–Trinajstić information content (AvgIpc) is 2.81. The Labute approximate surface area is 116 Å². The minimum Gasteiger partial charge on any atom is -0.338 e. The molecule has 0 spiro atoms. The fourth-order valence-corrected chi connectivity index (χ4v) is 1.93. The number of aromatic amines is 1. The second-order valence-corrected chi connectivity index (χ2v) is 5.06. The number of aromatic nitrogens is 4. The number of nitrogens with one attached hydrogen (secondary N) is 2. The van der Waals surface area contributed by atoms with Gasteiger partial charge in [0.15, 0.2) is 5.65 Å². The first-order valence-corrected chi connectivity index (χ1v) is 6.62. The van der Waals surface area contributed by atoms with Gasteiger partial charge in [0.1, 0.15) is 5.52 Å². The quantitative estimate of drug-likeness (QED) is 0.563. The third-order valence-electron chi connectivity index (χ3n) is 2.95. The van der Waals surface area contributed by atoms with Gasteiger partial charge in [-0.05, 0) is 18.4 Å². The van der Waals surface area contributed by atoms with E-state index in [1.54, 1.807) is 0 Å². The van der Waals surface area contributed by atoms with Crippen LogP contribution in [0.5, 0.6) is 0 Å². The predicted octanol–water partition coefficient (Wildman–Crippen LogP) is 2.95. The Bertz CT molecular complexity index is 759. The fourth-order valence-electron chi connectivity index (χ4n) is 1.93. The van der Waals surface area contributed by atoms with Crippen LogP contribution in [0.25, 0.3) is 22.1 Å². The van der Waals surface area contributed by atoms with E-state index in [1.165, 1.54) is 0 Å². The molecule has 0 saturated carbocycles. The smallest absolute Gasteiger partial charge is 0.265 e. The standard InChI is InChI=1S/C14H16N6/c1-9(2)7-8-15-19-14-17-13-12(18-20-14)10-5-3-4-6-11(10)16-13/h3-6,8-9H,7H2,1-2H3,(H2,16,17,19,20)/b15-8+. The number of fused-ring (bicyclic) bond motifs is 3. The van der Waals surface area contributed by atoms with E-state index in [4.69, 9.17) is 0 Å². The van der Waals surface area contributed by atoms with Crippen LogP contribution in [0.2, 0.25) is 0 Å². The lowest BCUT2D eigenvalue weighted by atomic mass is 10.2. The summed E-state index contributed by atoms with van der Waals surface area (Å²) in [6.45, 7) is 4.28. The average molecular weight is 268 g/mol. The molecule has 0 unspecified atom stereocenters. The van der Waals surface area contributed by atoms with Gasteiger partial charge in [0, 0.05) is 17.1 Å². The van der Waals surface area contributed by atoms with Crippen molar-refractivity contribution < 1.29 is 0 Å². The molecule has 2 aromatic heterocycles. The molecule has 0 atom stereocenters. The lowest BCUT2D eigenvalue weighted by molar-refractivity contribution is 0.690. The number of hydrazone groups is 1. The minimum absolute atomic E-state index is 0.393. The Morgan fingerprint density at radius 1 is 1.30 bits per heavy atom. The summed E-state index contributed by atoms with van der Waals surface area (Å²) in [5, 5.41) is 13.4. The van der Waals surface area contributed by atoms with E-state index in [2.05, 4.69) is 44.5 Å². The van der Waals surface area contributed by atoms with Crippen LogP contribution in [-0.4, -0.2) is 26.4 Å². The molecule has 0 amide bonds. The molecule has 6 heteroatoms. The van der Waals surface area contributed by atoms with Crippen LogP contribution in [0.3, 0.4) is 0 Å². The zero-order valence-corrected chi connectivity index (χ0v) is 11.5. The van der Waals surface area contributed by atoms with E-state index < -0.39 is 0 Å². The van der Waals surface area contributed by atoms with E-state index in [0.29, 0.717) is 17.5 Å². The van der Waals surface area contributed by atoms with Gasteiger partial charge in [0.2, 0.25) is 0 Å². The van der Waals surface area contributed by atoms with Gasteiger partial charge < -0.3 is 4.98 Å². The number of hydrogen-bond donors (Lipinski definition) is 2. The number of rotatable bonds is 4. The SMILES string of the molecule is CC(C)C/C=N/Nc1nnc2c(n1)[nH]c1ccccc12. The zero-order chi connectivity index (χ0) is 13.9. The molecule has 20 heavy (non-hydrogen) atoms. The molecule has 3 rings (SSSR count). The summed E-state index contributed by atoms with van der Waals surface area (Å²) in [5.74, 6) is 0.972. The Hall–Kier alpha value is -2.50. The first kappa shape index (κ1) is 12.5. The Morgan fingerprint density at radius 3 is 3.00 bits per heavy atom. The molecule has 0 saturated heterocycles. The van der Waals surface area contributed by atoms with Crippen LogP contribution in [-0.2, 0) is 0 Å². The van der Waals surface area contributed by atoms with E-state index >= 15 is 0 Å². The minimum atomic E-state index is 0.393. The molecule has 0 fully saturated rings. The molecular weight excluding hydrogens is 252 g/mol. The monoisotopic (exact) mass is 268 g/mol. The molecule has 0 aliphatic rings. The summed E-state index contributed by atoms with van der Waals surface area (Å²) in [4.78, 5) is 7.60. The second kappa shape index (κ2) is 5.24. The van der Waals surface area contributed by atoms with Gasteiger partial charge in [-0.1, -0.05) is 32.0 Å². The first-order chi connectivity index (χ1) is 9.74. The summed E-state index contributed by atoms with van der Waals surface area (Å²) in [6.07, 6.45) is 2.73. The van der Waals surface area contributed by atoms with Crippen LogP contribution < -0.4 is 5.43 Å². The molecule has 0 aliphatic heterocycles. The topological polar surface area (TPSA) is 78.8 Å². The molecule has 0 aliphatic carbocycles. The molecular formula is C14H16N6. The van der Waals surface area contributed by atoms with Crippen LogP contribution >= 0.6 is 0 Å². The summed E-state index contributed by atoms with van der Waals surface area (Å²) in [6, 6.07) is 7.94. The largest absolute Gasteiger partial charge is 0.338 e. The van der Waals surface area contributed by atoms with Crippen molar-refractivity contribution in [1.29, 1.82) is 0 Å². The molecule has 3 aromatic rings. The molecule has 0 radical (unpaired) electrons. The highest BCUT2D eigenvalue weighted by Crippen LogP contribution is 2.21. The molecule has 2 heterocycles. The van der Waals surface area contributed by atoms with Gasteiger partial charge in [-0.2, -0.15) is 10.1 Å². The van der Waals surface area contributed by atoms with Crippen LogP contribution in [0.15, 0.2) is 29.4 Å². The van der Waals surface area contributed by atoms with Gasteiger partial charge in [0.25, 0.3) is 5.95 Å². The summed E-state index contributed by atoms with van der Waals surface area (Å²) in [7, 11) is 0. The van der Waals surface area contributed by atoms with Crippen molar-refractivity contribution in [2.45, 2.75) is 20.3 Å². The Morgan fingerprint density at radius 2 is 2.15 bits per heavy atom. The first-order valence-electron chi connectivity index (χ1n) is 6.62. The fraction of sp³-hybridized carbons (Fsp3) is 0.286. The lowest BCUT2D eigenvalue weighted by Crippen LogP contribution is -1.99. The normalized spacial score (nSPS) is 11.9. The van der Waals surface area contributed by atoms with Crippen molar-refractivity contribution >= 4 is 34.2 Å². The maximum absolute atomic E-state index is 4.38. The number of nitrogens with zero attached hydrogens (tertiary/aromatic N) is 4. The van der Waals surface area contributed by atoms with Crippen molar-refractivity contribution in [1.82, 2.24) is 20.2 Å². The van der Waals surface area contributed by atoms with E-state index in [9.17, 15) is 0 Å². The van der Waals surface area contributed by atoms with Crippen LogP contribution in [0, 0.1) is 5.92 Å². The van der Waals surface area contributed by atoms with Crippen molar-refractivity contribution in [2.75, 3.05) is 5.43 Å². The molecule has 102 valence electrons. The number of anilines is 1. The second-order valence-electron chi connectivity index (χ2n) is 5.06. The highest BCUT2D eigenvalue weighted by molar-refractivity contribution is 6.03. The van der Waals surface area contributed by atoms with Gasteiger partial charge in [-0.15, -0.1) is 10.2 Å². The Kier molecular flexibility index (Phi) is 3.28. The van der Waals surface area contributed by atoms with Gasteiger partial charge >= 0.3 is 0 Å². The molecule has 2 N–H and O–H groups in total. The van der Waals surface area contributed by atoms with Crippen molar-refractivity contribution in [3.63, 3.8) is 0 Å². The zero-order valence-electron chi connectivity index (χ0n) is 11.5. The van der Waals surface area contributed by atoms with E-state index in [1.807, 2.05) is 30.5 Å². The van der Waals surface area contributed by atoms with E-state index in [0.717, 1.165) is 22.8 Å². The Balaban J connectivity index is 1.87. The maximum atomic E-state index is 4.38. The van der Waals surface area contributed by atoms with Crippen molar-refractivity contribution in [2.24, 2.45) is 11.0 Å². The summed E-state index contributed by atoms with van der Waals surface area (Å²) >= 11 is 0. The van der Waals surface area contributed by atoms with Gasteiger partial charge in [-0.25, -0.2) is 5.43 Å². The third kappa shape index (κ3) is 2.45. The highest BCUT2D eigenvalue weighted by Gasteiger charge is 2.07.